The van der Waals surface area contributed by atoms with E-state index in [0.717, 1.165) is 36.4 Å². The van der Waals surface area contributed by atoms with Crippen LogP contribution >= 0.6 is 12.4 Å². The van der Waals surface area contributed by atoms with Gasteiger partial charge < -0.3 is 20.1 Å². The number of hydrogen-bond donors (Lipinski definition) is 1. The Balaban J connectivity index is 0.00000161. The molecule has 5 nitrogen and oxygen atoms in total. The lowest BCUT2D eigenvalue weighted by Gasteiger charge is -2.29. The molecule has 1 atom stereocenters. The van der Waals surface area contributed by atoms with E-state index in [1.807, 2.05) is 23.1 Å². The van der Waals surface area contributed by atoms with Crippen LogP contribution in [0.4, 0.5) is 0 Å². The lowest BCUT2D eigenvalue weighted by Crippen LogP contribution is -2.32. The maximum absolute atomic E-state index is 12.2. The zero-order valence-electron chi connectivity index (χ0n) is 11.9. The van der Waals surface area contributed by atoms with Crippen LogP contribution in [0.5, 0.6) is 11.5 Å². The minimum atomic E-state index is 0. The first-order valence-electron chi connectivity index (χ1n) is 7.19. The molecule has 0 spiro atoms. The lowest BCUT2D eigenvalue weighted by molar-refractivity contribution is -0.131. The second kappa shape index (κ2) is 7.00. The van der Waals surface area contributed by atoms with Gasteiger partial charge in [-0.3, -0.25) is 4.79 Å². The number of fused-ring (bicyclic) bond motifs is 1. The second-order valence-electron chi connectivity index (χ2n) is 5.16. The van der Waals surface area contributed by atoms with Gasteiger partial charge in [0.25, 0.3) is 0 Å². The molecule has 116 valence electrons. The van der Waals surface area contributed by atoms with E-state index in [2.05, 4.69) is 0 Å². The summed E-state index contributed by atoms with van der Waals surface area (Å²) < 4.78 is 11.4. The molecule has 1 aromatic carbocycles. The third-order valence-electron chi connectivity index (χ3n) is 3.89. The highest BCUT2D eigenvalue weighted by atomic mass is 35.5. The molecule has 3 rings (SSSR count). The molecular formula is C15H21ClN2O3. The molecule has 0 saturated carbocycles. The fourth-order valence-corrected chi connectivity index (χ4v) is 3.01. The maximum Gasteiger partial charge on any atom is 0.224 e. The van der Waals surface area contributed by atoms with Gasteiger partial charge >= 0.3 is 0 Å². The smallest absolute Gasteiger partial charge is 0.224 e. The fourth-order valence-electron chi connectivity index (χ4n) is 3.01. The topological polar surface area (TPSA) is 64.8 Å². The SMILES string of the molecule is Cl.NCCC(=O)N1CCCC1c1cccc2c1OCCO2. The van der Waals surface area contributed by atoms with Gasteiger partial charge in [0.05, 0.1) is 6.04 Å². The molecule has 1 saturated heterocycles. The highest BCUT2D eigenvalue weighted by Gasteiger charge is 2.32. The van der Waals surface area contributed by atoms with Crippen LogP contribution < -0.4 is 15.2 Å². The number of nitrogens with zero attached hydrogens (tertiary/aromatic N) is 1. The van der Waals surface area contributed by atoms with Crippen LogP contribution in [0.2, 0.25) is 0 Å². The Hall–Kier alpha value is -1.46. The van der Waals surface area contributed by atoms with Gasteiger partial charge in [-0.25, -0.2) is 0 Å². The molecule has 0 radical (unpaired) electrons. The van der Waals surface area contributed by atoms with Crippen LogP contribution in [0, 0.1) is 0 Å². The van der Waals surface area contributed by atoms with E-state index < -0.39 is 0 Å². The van der Waals surface area contributed by atoms with Gasteiger partial charge in [0.2, 0.25) is 5.91 Å². The first-order chi connectivity index (χ1) is 9.81. The fraction of sp³-hybridized carbons (Fsp3) is 0.533. The predicted molar refractivity (Wildman–Crippen MR) is 82.0 cm³/mol. The number of hydrogen-bond acceptors (Lipinski definition) is 4. The second-order valence-corrected chi connectivity index (χ2v) is 5.16. The zero-order valence-corrected chi connectivity index (χ0v) is 12.7. The Morgan fingerprint density at radius 1 is 1.33 bits per heavy atom. The molecule has 21 heavy (non-hydrogen) atoms. The number of para-hydroxylation sites is 1. The molecule has 0 aromatic heterocycles. The van der Waals surface area contributed by atoms with Crippen molar-refractivity contribution >= 4 is 18.3 Å². The van der Waals surface area contributed by atoms with Crippen molar-refractivity contribution in [3.05, 3.63) is 23.8 Å². The first kappa shape index (κ1) is 15.9. The third-order valence-corrected chi connectivity index (χ3v) is 3.89. The van der Waals surface area contributed by atoms with Crippen molar-refractivity contribution in [2.24, 2.45) is 5.73 Å². The Morgan fingerprint density at radius 2 is 2.14 bits per heavy atom. The van der Waals surface area contributed by atoms with Crippen molar-refractivity contribution in [2.75, 3.05) is 26.3 Å². The number of benzene rings is 1. The Bertz CT molecular complexity index is 510. The summed E-state index contributed by atoms with van der Waals surface area (Å²) in [6.45, 7) is 2.34. The Morgan fingerprint density at radius 3 is 2.95 bits per heavy atom. The Kier molecular flexibility index (Phi) is 5.31. The summed E-state index contributed by atoms with van der Waals surface area (Å²) in [5, 5.41) is 0. The number of likely N-dealkylation sites (tertiary alicyclic amines) is 1. The molecule has 2 aliphatic heterocycles. The zero-order chi connectivity index (χ0) is 13.9. The van der Waals surface area contributed by atoms with Gasteiger partial charge in [-0.05, 0) is 18.9 Å². The van der Waals surface area contributed by atoms with E-state index >= 15 is 0 Å². The van der Waals surface area contributed by atoms with Crippen LogP contribution in [-0.2, 0) is 4.79 Å². The number of carbonyl (C=O) groups is 1. The number of rotatable bonds is 3. The third kappa shape index (κ3) is 3.09. The molecule has 6 heteroatoms. The van der Waals surface area contributed by atoms with Gasteiger partial charge in [0.15, 0.2) is 11.5 Å². The van der Waals surface area contributed by atoms with E-state index in [-0.39, 0.29) is 24.4 Å². The van der Waals surface area contributed by atoms with Crippen molar-refractivity contribution in [3.8, 4) is 11.5 Å². The molecule has 2 heterocycles. The largest absolute Gasteiger partial charge is 0.486 e. The van der Waals surface area contributed by atoms with Crippen LogP contribution in [0.3, 0.4) is 0 Å². The minimum Gasteiger partial charge on any atom is -0.486 e. The van der Waals surface area contributed by atoms with E-state index in [9.17, 15) is 4.79 Å². The van der Waals surface area contributed by atoms with Gasteiger partial charge in [-0.15, -0.1) is 12.4 Å². The summed E-state index contributed by atoms with van der Waals surface area (Å²) in [5.74, 6) is 1.72. The Labute approximate surface area is 130 Å². The monoisotopic (exact) mass is 312 g/mol. The number of nitrogens with two attached hydrogens (primary N) is 1. The van der Waals surface area contributed by atoms with E-state index in [0.29, 0.717) is 26.2 Å². The maximum atomic E-state index is 12.2. The summed E-state index contributed by atoms with van der Waals surface area (Å²) >= 11 is 0. The lowest BCUT2D eigenvalue weighted by atomic mass is 10.0. The summed E-state index contributed by atoms with van der Waals surface area (Å²) in [7, 11) is 0. The number of carbonyl (C=O) groups excluding carboxylic acids is 1. The van der Waals surface area contributed by atoms with Crippen molar-refractivity contribution < 1.29 is 14.3 Å². The average Bonchev–Trinajstić information content (AvgIpc) is 2.96. The van der Waals surface area contributed by atoms with Gasteiger partial charge in [-0.2, -0.15) is 0 Å². The van der Waals surface area contributed by atoms with Crippen LogP contribution in [-0.4, -0.2) is 37.1 Å². The molecule has 1 unspecified atom stereocenters. The molecule has 2 N–H and O–H groups in total. The van der Waals surface area contributed by atoms with E-state index in [1.54, 1.807) is 0 Å². The summed E-state index contributed by atoms with van der Waals surface area (Å²) in [4.78, 5) is 14.1. The van der Waals surface area contributed by atoms with Crippen LogP contribution in [0.15, 0.2) is 18.2 Å². The normalized spacial score (nSPS) is 20.0. The summed E-state index contributed by atoms with van der Waals surface area (Å²) in [5.41, 5.74) is 6.56. The first-order valence-corrected chi connectivity index (χ1v) is 7.19. The summed E-state index contributed by atoms with van der Waals surface area (Å²) in [6, 6.07) is 6.00. The molecule has 0 bridgehead atoms. The van der Waals surface area contributed by atoms with Crippen molar-refractivity contribution in [2.45, 2.75) is 25.3 Å². The molecule has 1 fully saturated rings. The van der Waals surface area contributed by atoms with Crippen molar-refractivity contribution in [1.29, 1.82) is 0 Å². The molecule has 1 aromatic rings. The minimum absolute atomic E-state index is 0. The van der Waals surface area contributed by atoms with Crippen molar-refractivity contribution in [1.82, 2.24) is 4.90 Å². The molecule has 1 amide bonds. The van der Waals surface area contributed by atoms with Gasteiger partial charge in [0, 0.05) is 25.1 Å². The quantitative estimate of drug-likeness (QED) is 0.925. The van der Waals surface area contributed by atoms with E-state index in [1.165, 1.54) is 0 Å². The number of ether oxygens (including phenoxy) is 2. The van der Waals surface area contributed by atoms with Gasteiger partial charge in [-0.1, -0.05) is 12.1 Å². The predicted octanol–water partition coefficient (Wildman–Crippen LogP) is 1.89. The van der Waals surface area contributed by atoms with Crippen molar-refractivity contribution in [3.63, 3.8) is 0 Å². The van der Waals surface area contributed by atoms with E-state index in [4.69, 9.17) is 15.2 Å². The van der Waals surface area contributed by atoms with Crippen LogP contribution in [0.1, 0.15) is 30.9 Å². The van der Waals surface area contributed by atoms with Crippen LogP contribution in [0.25, 0.3) is 0 Å². The molecule has 0 aliphatic carbocycles. The summed E-state index contributed by atoms with van der Waals surface area (Å²) in [6.07, 6.45) is 2.39. The highest BCUT2D eigenvalue weighted by Crippen LogP contribution is 2.42. The van der Waals surface area contributed by atoms with Gasteiger partial charge in [0.1, 0.15) is 13.2 Å². The average molecular weight is 313 g/mol. The molecule has 2 aliphatic rings. The molecular weight excluding hydrogens is 292 g/mol. The standard InChI is InChI=1S/C15H20N2O3.ClH/c16-7-6-14(18)17-8-2-4-12(17)11-3-1-5-13-15(11)20-10-9-19-13;/h1,3,5,12H,2,4,6-10,16H2;1H. The number of amides is 1. The number of halogens is 1. The highest BCUT2D eigenvalue weighted by molar-refractivity contribution is 5.85.